The number of alkyl halides is 1. The number of hydrogen-bond donors (Lipinski definition) is 0. The van der Waals surface area contributed by atoms with Crippen molar-refractivity contribution < 1.29 is 18.7 Å². The number of fused-ring (bicyclic) bond motifs is 1. The molecule has 172 valence electrons. The molecule has 4 nitrogen and oxygen atoms in total. The molecule has 1 heterocycles. The Morgan fingerprint density at radius 3 is 2.41 bits per heavy atom. The highest BCUT2D eigenvalue weighted by Gasteiger charge is 2.48. The number of hydrogen-bond acceptors (Lipinski definition) is 4. The predicted molar refractivity (Wildman–Crippen MR) is 132 cm³/mol. The van der Waals surface area contributed by atoms with Crippen molar-refractivity contribution in [3.05, 3.63) is 56.7 Å². The van der Waals surface area contributed by atoms with Crippen LogP contribution in [0.3, 0.4) is 0 Å². The Morgan fingerprint density at radius 1 is 1.09 bits per heavy atom. The number of Topliss-reactive ketones (excluding diaryl/α,β-unsaturated/α-hetero) is 1. The Morgan fingerprint density at radius 2 is 1.75 bits per heavy atom. The maximum absolute atomic E-state index is 16.0. The minimum atomic E-state index is -1.82. The lowest BCUT2D eigenvalue weighted by Gasteiger charge is -2.34. The third-order valence-electron chi connectivity index (χ3n) is 6.56. The van der Waals surface area contributed by atoms with Crippen LogP contribution in [0.25, 0.3) is 0 Å². The average molecular weight is 551 g/mol. The molecule has 6 heteroatoms. The number of ether oxygens (including phenoxy) is 2. The Balaban J connectivity index is 1.40. The lowest BCUT2D eigenvalue weighted by atomic mass is 9.83. The van der Waals surface area contributed by atoms with Crippen molar-refractivity contribution in [1.29, 1.82) is 0 Å². The highest BCUT2D eigenvalue weighted by Crippen LogP contribution is 2.43. The second-order valence-corrected chi connectivity index (χ2v) is 9.97. The van der Waals surface area contributed by atoms with Gasteiger partial charge in [0.1, 0.15) is 0 Å². The van der Waals surface area contributed by atoms with Gasteiger partial charge in [-0.1, -0.05) is 18.2 Å². The number of rotatable bonds is 8. The molecule has 1 aliphatic carbocycles. The molecular formula is C26H31FINO3. The summed E-state index contributed by atoms with van der Waals surface area (Å²) in [6, 6.07) is 11.9. The number of carbonyl (C=O) groups is 1. The molecule has 2 aromatic carbocycles. The molecular weight excluding hydrogens is 520 g/mol. The van der Waals surface area contributed by atoms with E-state index in [1.165, 1.54) is 9.13 Å². The number of likely N-dealkylation sites (tertiary alicyclic amines) is 1. The molecule has 0 amide bonds. The summed E-state index contributed by atoms with van der Waals surface area (Å²) in [5.74, 6) is 0.948. The van der Waals surface area contributed by atoms with Gasteiger partial charge in [0, 0.05) is 22.1 Å². The minimum absolute atomic E-state index is 0.135. The molecule has 1 unspecified atom stereocenters. The van der Waals surface area contributed by atoms with Crippen LogP contribution in [0.2, 0.25) is 0 Å². The van der Waals surface area contributed by atoms with Gasteiger partial charge in [0.15, 0.2) is 17.2 Å². The Labute approximate surface area is 203 Å². The molecule has 2 aliphatic rings. The molecule has 4 rings (SSSR count). The highest BCUT2D eigenvalue weighted by molar-refractivity contribution is 14.1. The first-order valence-electron chi connectivity index (χ1n) is 11.6. The Kier molecular flexibility index (Phi) is 7.40. The third-order valence-corrected chi connectivity index (χ3v) is 7.62. The second kappa shape index (κ2) is 10.1. The number of ketones is 1. The van der Waals surface area contributed by atoms with Crippen LogP contribution >= 0.6 is 22.6 Å². The van der Waals surface area contributed by atoms with E-state index in [1.807, 2.05) is 13.8 Å². The van der Waals surface area contributed by atoms with Gasteiger partial charge in [0.25, 0.3) is 0 Å². The number of benzene rings is 2. The van der Waals surface area contributed by atoms with Gasteiger partial charge in [-0.15, -0.1) is 0 Å². The van der Waals surface area contributed by atoms with E-state index in [0.29, 0.717) is 36.7 Å². The van der Waals surface area contributed by atoms with E-state index in [1.54, 1.807) is 12.1 Å². The normalized spacial score (nSPS) is 21.6. The fraction of sp³-hybridized carbons (Fsp3) is 0.500. The largest absolute Gasteiger partial charge is 0.490 e. The van der Waals surface area contributed by atoms with Crippen LogP contribution in [-0.4, -0.2) is 42.7 Å². The van der Waals surface area contributed by atoms with Crippen LogP contribution in [-0.2, 0) is 13.0 Å². The monoisotopic (exact) mass is 551 g/mol. The van der Waals surface area contributed by atoms with Crippen molar-refractivity contribution in [2.45, 2.75) is 51.7 Å². The smallest absolute Gasteiger partial charge is 0.200 e. The minimum Gasteiger partial charge on any atom is -0.490 e. The number of carbonyl (C=O) groups excluding carboxylic acids is 1. The fourth-order valence-electron chi connectivity index (χ4n) is 4.96. The zero-order valence-corrected chi connectivity index (χ0v) is 21.0. The van der Waals surface area contributed by atoms with Crippen LogP contribution in [0.4, 0.5) is 4.39 Å². The number of halogens is 2. The van der Waals surface area contributed by atoms with Gasteiger partial charge in [0.2, 0.25) is 5.78 Å². The van der Waals surface area contributed by atoms with Crippen LogP contribution in [0.1, 0.15) is 54.6 Å². The van der Waals surface area contributed by atoms with E-state index in [2.05, 4.69) is 51.8 Å². The number of piperidine rings is 1. The lowest BCUT2D eigenvalue weighted by molar-refractivity contribution is 0.0587. The standard InChI is InChI=1S/C26H31FINO3/c1-3-31-23-13-20-16-26(27,25(30)21(20)14-24(23)32-4-2)15-18-9-11-29(12-10-18)17-19-7-5-6-8-22(19)28/h5-8,13-14,18H,3-4,9-12,15-17H2,1-2H3. The summed E-state index contributed by atoms with van der Waals surface area (Å²) in [6.45, 7) is 7.56. The summed E-state index contributed by atoms with van der Waals surface area (Å²) in [4.78, 5) is 15.5. The van der Waals surface area contributed by atoms with Gasteiger partial charge in [-0.25, -0.2) is 4.39 Å². The van der Waals surface area contributed by atoms with Gasteiger partial charge in [-0.3, -0.25) is 9.69 Å². The quantitative estimate of drug-likeness (QED) is 0.387. The van der Waals surface area contributed by atoms with E-state index in [4.69, 9.17) is 9.47 Å². The molecule has 1 saturated heterocycles. The molecule has 2 aromatic rings. The SMILES string of the molecule is CCOc1cc2c(cc1OCC)C(=O)C(F)(CC1CCN(Cc3ccccc3I)CC1)C2. The Bertz CT molecular complexity index is 974. The van der Waals surface area contributed by atoms with Gasteiger partial charge >= 0.3 is 0 Å². The molecule has 0 saturated carbocycles. The third kappa shape index (κ3) is 4.96. The zero-order valence-electron chi connectivity index (χ0n) is 18.8. The summed E-state index contributed by atoms with van der Waals surface area (Å²) in [5.41, 5.74) is 0.708. The molecule has 0 radical (unpaired) electrons. The molecule has 0 N–H and O–H groups in total. The lowest BCUT2D eigenvalue weighted by Crippen LogP contribution is -2.39. The van der Waals surface area contributed by atoms with Crippen molar-refractivity contribution in [3.63, 3.8) is 0 Å². The van der Waals surface area contributed by atoms with Crippen molar-refractivity contribution in [2.24, 2.45) is 5.92 Å². The molecule has 0 bridgehead atoms. The molecule has 1 atom stereocenters. The topological polar surface area (TPSA) is 38.8 Å². The van der Waals surface area contributed by atoms with Gasteiger partial charge in [0.05, 0.1) is 13.2 Å². The second-order valence-electron chi connectivity index (χ2n) is 8.81. The Hall–Kier alpha value is -1.67. The molecule has 0 spiro atoms. The summed E-state index contributed by atoms with van der Waals surface area (Å²) >= 11 is 2.38. The van der Waals surface area contributed by atoms with Crippen LogP contribution in [0, 0.1) is 9.49 Å². The van der Waals surface area contributed by atoms with E-state index < -0.39 is 11.5 Å². The van der Waals surface area contributed by atoms with Crippen molar-refractivity contribution in [3.8, 4) is 11.5 Å². The van der Waals surface area contributed by atoms with Gasteiger partial charge < -0.3 is 9.47 Å². The molecule has 0 aromatic heterocycles. The first-order chi connectivity index (χ1) is 15.4. The molecule has 1 aliphatic heterocycles. The molecule has 32 heavy (non-hydrogen) atoms. The van der Waals surface area contributed by atoms with E-state index in [-0.39, 0.29) is 12.3 Å². The summed E-state index contributed by atoms with van der Waals surface area (Å²) < 4.78 is 28.6. The zero-order chi connectivity index (χ0) is 22.7. The summed E-state index contributed by atoms with van der Waals surface area (Å²) in [6.07, 6.45) is 2.28. The first-order valence-corrected chi connectivity index (χ1v) is 12.6. The molecule has 1 fully saturated rings. The van der Waals surface area contributed by atoms with Crippen LogP contribution in [0.15, 0.2) is 36.4 Å². The first kappa shape index (κ1) is 23.5. The average Bonchev–Trinajstić information content (AvgIpc) is 3.01. The van der Waals surface area contributed by atoms with E-state index in [0.717, 1.165) is 38.0 Å². The van der Waals surface area contributed by atoms with Crippen LogP contribution in [0.5, 0.6) is 11.5 Å². The maximum Gasteiger partial charge on any atom is 0.200 e. The summed E-state index contributed by atoms with van der Waals surface area (Å²) in [7, 11) is 0. The predicted octanol–water partition coefficient (Wildman–Crippen LogP) is 5.84. The van der Waals surface area contributed by atoms with Crippen LogP contribution < -0.4 is 9.47 Å². The van der Waals surface area contributed by atoms with Crippen molar-refractivity contribution >= 4 is 28.4 Å². The fourth-order valence-corrected chi connectivity index (χ4v) is 5.52. The van der Waals surface area contributed by atoms with E-state index >= 15 is 4.39 Å². The van der Waals surface area contributed by atoms with Gasteiger partial charge in [-0.2, -0.15) is 0 Å². The van der Waals surface area contributed by atoms with Crippen molar-refractivity contribution in [1.82, 2.24) is 4.90 Å². The number of nitrogens with zero attached hydrogens (tertiary/aromatic N) is 1. The maximum atomic E-state index is 16.0. The summed E-state index contributed by atoms with van der Waals surface area (Å²) in [5, 5.41) is 0. The van der Waals surface area contributed by atoms with Gasteiger partial charge in [-0.05, 0) is 104 Å². The highest BCUT2D eigenvalue weighted by atomic mass is 127. The van der Waals surface area contributed by atoms with Crippen molar-refractivity contribution in [2.75, 3.05) is 26.3 Å². The van der Waals surface area contributed by atoms with E-state index in [9.17, 15) is 4.79 Å².